The van der Waals surface area contributed by atoms with Gasteiger partial charge in [-0.3, -0.25) is 4.79 Å². The number of allylic oxidation sites excluding steroid dienone is 2. The summed E-state index contributed by atoms with van der Waals surface area (Å²) in [6, 6.07) is 0. The lowest BCUT2D eigenvalue weighted by molar-refractivity contribution is -0.149. The normalized spacial score (nSPS) is 29.8. The van der Waals surface area contributed by atoms with Crippen LogP contribution in [0.4, 0.5) is 0 Å². The second-order valence-corrected chi connectivity index (χ2v) is 4.33. The first-order chi connectivity index (χ1) is 7.63. The van der Waals surface area contributed by atoms with E-state index in [1.54, 1.807) is 0 Å². The van der Waals surface area contributed by atoms with Crippen LogP contribution < -0.4 is 0 Å². The number of esters is 1. The third-order valence-electron chi connectivity index (χ3n) is 2.72. The molecule has 1 heterocycles. The van der Waals surface area contributed by atoms with Crippen LogP contribution in [0.2, 0.25) is 0 Å². The largest absolute Gasteiger partial charge is 0.460 e. The van der Waals surface area contributed by atoms with Gasteiger partial charge in [-0.05, 0) is 26.2 Å². The lowest BCUT2D eigenvalue weighted by Crippen LogP contribution is -2.26. The lowest BCUT2D eigenvalue weighted by atomic mass is 10.1. The maximum Gasteiger partial charge on any atom is 0.302 e. The van der Waals surface area contributed by atoms with Gasteiger partial charge in [-0.25, -0.2) is 0 Å². The highest BCUT2D eigenvalue weighted by Crippen LogP contribution is 2.26. The number of hydrogen-bond acceptors (Lipinski definition) is 3. The highest BCUT2D eigenvalue weighted by molar-refractivity contribution is 5.66. The van der Waals surface area contributed by atoms with Gasteiger partial charge in [0.05, 0.1) is 12.2 Å². The zero-order valence-electron chi connectivity index (χ0n) is 10.4. The van der Waals surface area contributed by atoms with Crippen molar-refractivity contribution in [1.82, 2.24) is 0 Å². The van der Waals surface area contributed by atoms with E-state index in [0.29, 0.717) is 0 Å². The zero-order chi connectivity index (χ0) is 12.0. The summed E-state index contributed by atoms with van der Waals surface area (Å²) in [5.74, 6) is -0.211. The fourth-order valence-corrected chi connectivity index (χ4v) is 2.06. The molecule has 1 saturated heterocycles. The Bertz CT molecular complexity index is 248. The predicted molar refractivity (Wildman–Crippen MR) is 63.2 cm³/mol. The van der Waals surface area contributed by atoms with Crippen LogP contribution in [-0.4, -0.2) is 24.3 Å². The quantitative estimate of drug-likeness (QED) is 0.534. The molecule has 1 fully saturated rings. The molecule has 0 unspecified atom stereocenters. The van der Waals surface area contributed by atoms with Crippen LogP contribution in [0.5, 0.6) is 0 Å². The van der Waals surface area contributed by atoms with Gasteiger partial charge >= 0.3 is 5.97 Å². The van der Waals surface area contributed by atoms with Crippen molar-refractivity contribution in [3.05, 3.63) is 12.2 Å². The van der Waals surface area contributed by atoms with E-state index >= 15 is 0 Å². The van der Waals surface area contributed by atoms with Gasteiger partial charge < -0.3 is 9.47 Å². The number of hydrogen-bond donors (Lipinski definition) is 0. The Morgan fingerprint density at radius 1 is 1.50 bits per heavy atom. The van der Waals surface area contributed by atoms with Gasteiger partial charge in [-0.15, -0.1) is 0 Å². The van der Waals surface area contributed by atoms with Crippen LogP contribution in [0.3, 0.4) is 0 Å². The summed E-state index contributed by atoms with van der Waals surface area (Å²) >= 11 is 0. The summed E-state index contributed by atoms with van der Waals surface area (Å²) in [4.78, 5) is 10.9. The molecule has 0 N–H and O–H groups in total. The molecule has 1 aliphatic rings. The Balaban J connectivity index is 2.37. The fraction of sp³-hybridized carbons (Fsp3) is 0.769. The minimum atomic E-state index is -0.211. The van der Waals surface area contributed by atoms with Gasteiger partial charge in [0.25, 0.3) is 0 Å². The van der Waals surface area contributed by atoms with Crippen molar-refractivity contribution in [1.29, 1.82) is 0 Å². The average Bonchev–Trinajstić information content (AvgIpc) is 2.53. The van der Waals surface area contributed by atoms with Crippen LogP contribution in [0.25, 0.3) is 0 Å². The van der Waals surface area contributed by atoms with Gasteiger partial charge in [0.1, 0.15) is 6.10 Å². The van der Waals surface area contributed by atoms with E-state index in [0.717, 1.165) is 25.7 Å². The number of rotatable bonds is 5. The Hall–Kier alpha value is -0.830. The molecule has 3 nitrogen and oxygen atoms in total. The van der Waals surface area contributed by atoms with Crippen molar-refractivity contribution in [2.45, 2.75) is 64.8 Å². The maximum atomic E-state index is 10.9. The molecule has 3 heteroatoms. The topological polar surface area (TPSA) is 35.5 Å². The highest BCUT2D eigenvalue weighted by Gasteiger charge is 2.34. The summed E-state index contributed by atoms with van der Waals surface area (Å²) < 4.78 is 11.0. The van der Waals surface area contributed by atoms with Gasteiger partial charge in [-0.1, -0.05) is 19.1 Å². The molecule has 0 aromatic rings. The van der Waals surface area contributed by atoms with Crippen molar-refractivity contribution >= 4 is 5.97 Å². The summed E-state index contributed by atoms with van der Waals surface area (Å²) in [6.07, 6.45) is 8.34. The fourth-order valence-electron chi connectivity index (χ4n) is 2.06. The lowest BCUT2D eigenvalue weighted by Gasteiger charge is -2.17. The van der Waals surface area contributed by atoms with Crippen molar-refractivity contribution in [3.8, 4) is 0 Å². The summed E-state index contributed by atoms with van der Waals surface area (Å²) in [7, 11) is 0. The minimum Gasteiger partial charge on any atom is -0.460 e. The first-order valence-electron chi connectivity index (χ1n) is 6.11. The van der Waals surface area contributed by atoms with Gasteiger partial charge in [0, 0.05) is 13.3 Å². The standard InChI is InChI=1S/C13H22O3/c1-4-5-6-7-8-12-13(16-11(3)14)9-10(2)15-12/h5-6,10,12-13H,4,7-9H2,1-3H3/b6-5-/t10-,12+,13+/m1/s1. The molecule has 0 aromatic carbocycles. The van der Waals surface area contributed by atoms with E-state index in [9.17, 15) is 4.79 Å². The summed E-state index contributed by atoms with van der Waals surface area (Å²) in [5, 5.41) is 0. The maximum absolute atomic E-state index is 10.9. The average molecular weight is 226 g/mol. The summed E-state index contributed by atoms with van der Waals surface area (Å²) in [5.41, 5.74) is 0. The Kier molecular flexibility index (Phi) is 5.53. The molecular formula is C13H22O3. The molecule has 0 spiro atoms. The van der Waals surface area contributed by atoms with Crippen LogP contribution in [-0.2, 0) is 14.3 Å². The number of carbonyl (C=O) groups is 1. The second-order valence-electron chi connectivity index (χ2n) is 4.33. The van der Waals surface area contributed by atoms with Gasteiger partial charge in [-0.2, -0.15) is 0 Å². The smallest absolute Gasteiger partial charge is 0.302 e. The van der Waals surface area contributed by atoms with Crippen LogP contribution in [0.15, 0.2) is 12.2 Å². The van der Waals surface area contributed by atoms with E-state index in [1.807, 2.05) is 6.92 Å². The SMILES string of the molecule is CC/C=C\CC[C@@H]1O[C@H](C)C[C@@H]1OC(C)=O. The first-order valence-corrected chi connectivity index (χ1v) is 6.11. The zero-order valence-corrected chi connectivity index (χ0v) is 10.4. The van der Waals surface area contributed by atoms with E-state index in [4.69, 9.17) is 9.47 Å². The molecule has 0 amide bonds. The minimum absolute atomic E-state index is 0.0532. The van der Waals surface area contributed by atoms with Crippen molar-refractivity contribution in [3.63, 3.8) is 0 Å². The molecule has 0 radical (unpaired) electrons. The molecule has 1 aliphatic heterocycles. The van der Waals surface area contributed by atoms with Crippen LogP contribution in [0, 0.1) is 0 Å². The molecule has 0 bridgehead atoms. The van der Waals surface area contributed by atoms with Crippen LogP contribution >= 0.6 is 0 Å². The van der Waals surface area contributed by atoms with E-state index in [-0.39, 0.29) is 24.3 Å². The van der Waals surface area contributed by atoms with Crippen molar-refractivity contribution in [2.75, 3.05) is 0 Å². The van der Waals surface area contributed by atoms with E-state index in [2.05, 4.69) is 19.1 Å². The Morgan fingerprint density at radius 2 is 2.25 bits per heavy atom. The summed E-state index contributed by atoms with van der Waals surface area (Å²) in [6.45, 7) is 5.60. The number of carbonyl (C=O) groups excluding carboxylic acids is 1. The molecule has 92 valence electrons. The Labute approximate surface area is 97.8 Å². The van der Waals surface area contributed by atoms with Gasteiger partial charge in [0.2, 0.25) is 0 Å². The molecular weight excluding hydrogens is 204 g/mol. The predicted octanol–water partition coefficient (Wildman–Crippen LogP) is 2.84. The van der Waals surface area contributed by atoms with Gasteiger partial charge in [0.15, 0.2) is 0 Å². The first kappa shape index (κ1) is 13.2. The molecule has 0 saturated carbocycles. The van der Waals surface area contributed by atoms with E-state index in [1.165, 1.54) is 6.92 Å². The Morgan fingerprint density at radius 3 is 2.88 bits per heavy atom. The molecule has 16 heavy (non-hydrogen) atoms. The van der Waals surface area contributed by atoms with Crippen molar-refractivity contribution < 1.29 is 14.3 Å². The van der Waals surface area contributed by atoms with Crippen LogP contribution in [0.1, 0.15) is 46.5 Å². The monoisotopic (exact) mass is 226 g/mol. The third kappa shape index (κ3) is 4.35. The molecule has 0 aromatic heterocycles. The number of ether oxygens (including phenoxy) is 2. The second kappa shape index (κ2) is 6.69. The molecule has 3 atom stereocenters. The van der Waals surface area contributed by atoms with E-state index < -0.39 is 0 Å². The molecule has 1 rings (SSSR count). The third-order valence-corrected chi connectivity index (χ3v) is 2.72. The van der Waals surface area contributed by atoms with Crippen molar-refractivity contribution in [2.24, 2.45) is 0 Å². The highest BCUT2D eigenvalue weighted by atomic mass is 16.6. The molecule has 0 aliphatic carbocycles.